The maximum Gasteiger partial charge on any atom is 0.243 e. The molecular formula is C36H40N2O2. The maximum absolute atomic E-state index is 14.4. The quantitative estimate of drug-likeness (QED) is 0.212. The van der Waals surface area contributed by atoms with Crippen LogP contribution in [-0.2, 0) is 22.6 Å². The predicted molar refractivity (Wildman–Crippen MR) is 163 cm³/mol. The Morgan fingerprint density at radius 1 is 0.750 bits per heavy atom. The van der Waals surface area contributed by atoms with E-state index in [1.807, 2.05) is 98.8 Å². The van der Waals surface area contributed by atoms with Crippen LogP contribution < -0.4 is 5.32 Å². The zero-order valence-corrected chi connectivity index (χ0v) is 23.8. The van der Waals surface area contributed by atoms with E-state index in [1.54, 1.807) is 4.90 Å². The van der Waals surface area contributed by atoms with Gasteiger partial charge in [0.15, 0.2) is 0 Å². The van der Waals surface area contributed by atoms with Crippen molar-refractivity contribution in [1.29, 1.82) is 0 Å². The summed E-state index contributed by atoms with van der Waals surface area (Å²) in [7, 11) is 0. The van der Waals surface area contributed by atoms with Crippen LogP contribution in [0.4, 0.5) is 0 Å². The number of carbonyl (C=O) groups is 2. The van der Waals surface area contributed by atoms with Gasteiger partial charge in [0.25, 0.3) is 0 Å². The molecule has 4 heteroatoms. The van der Waals surface area contributed by atoms with Crippen LogP contribution in [0.25, 0.3) is 0 Å². The van der Waals surface area contributed by atoms with Gasteiger partial charge in [-0.25, -0.2) is 0 Å². The molecule has 4 rings (SSSR count). The van der Waals surface area contributed by atoms with E-state index in [9.17, 15) is 9.59 Å². The van der Waals surface area contributed by atoms with Gasteiger partial charge in [0.05, 0.1) is 0 Å². The fourth-order valence-electron chi connectivity index (χ4n) is 5.09. The molecule has 2 amide bonds. The van der Waals surface area contributed by atoms with Gasteiger partial charge in [-0.15, -0.1) is 0 Å². The molecule has 0 aliphatic heterocycles. The average Bonchev–Trinajstić information content (AvgIpc) is 2.99. The van der Waals surface area contributed by atoms with E-state index in [-0.39, 0.29) is 30.2 Å². The topological polar surface area (TPSA) is 49.4 Å². The van der Waals surface area contributed by atoms with E-state index < -0.39 is 6.04 Å². The molecule has 1 N–H and O–H groups in total. The third-order valence-corrected chi connectivity index (χ3v) is 7.49. The minimum Gasteiger partial charge on any atom is -0.352 e. The summed E-state index contributed by atoms with van der Waals surface area (Å²) < 4.78 is 0. The van der Waals surface area contributed by atoms with Crippen molar-refractivity contribution in [3.8, 4) is 0 Å². The van der Waals surface area contributed by atoms with Crippen molar-refractivity contribution in [3.63, 3.8) is 0 Å². The Morgan fingerprint density at radius 2 is 1.30 bits per heavy atom. The van der Waals surface area contributed by atoms with Gasteiger partial charge in [0.1, 0.15) is 6.04 Å². The summed E-state index contributed by atoms with van der Waals surface area (Å²) in [5.41, 5.74) is 5.33. The summed E-state index contributed by atoms with van der Waals surface area (Å²) in [5, 5.41) is 3.17. The lowest BCUT2D eigenvalue weighted by atomic mass is 9.87. The first-order valence-corrected chi connectivity index (χ1v) is 14.2. The standard InChI is InChI=1S/C36H40N2O2/c1-4-28(3)37-36(40)34(24-29-16-8-5-9-17-29)38(26-30-18-14-15-27(2)23-30)35(39)25-33(31-19-10-6-11-20-31)32-21-12-7-13-22-32/h5-23,28,33-34H,4,24-26H2,1-3H3,(H,37,40). The highest BCUT2D eigenvalue weighted by atomic mass is 16.2. The molecule has 2 unspecified atom stereocenters. The van der Waals surface area contributed by atoms with Crippen molar-refractivity contribution in [1.82, 2.24) is 10.2 Å². The van der Waals surface area contributed by atoms with E-state index >= 15 is 0 Å². The molecule has 0 aliphatic carbocycles. The molecule has 40 heavy (non-hydrogen) atoms. The fraction of sp³-hybridized carbons (Fsp3) is 0.278. The highest BCUT2D eigenvalue weighted by molar-refractivity contribution is 5.88. The Kier molecular flexibility index (Phi) is 10.3. The van der Waals surface area contributed by atoms with Gasteiger partial charge in [-0.2, -0.15) is 0 Å². The minimum absolute atomic E-state index is 0.0167. The number of rotatable bonds is 12. The van der Waals surface area contributed by atoms with Crippen molar-refractivity contribution in [2.75, 3.05) is 0 Å². The number of amides is 2. The molecule has 2 atom stereocenters. The molecule has 0 bridgehead atoms. The molecule has 4 aromatic rings. The third-order valence-electron chi connectivity index (χ3n) is 7.49. The molecule has 0 saturated carbocycles. The summed E-state index contributed by atoms with van der Waals surface area (Å²) in [5.74, 6) is -0.278. The molecule has 0 saturated heterocycles. The summed E-state index contributed by atoms with van der Waals surface area (Å²) in [6.07, 6.45) is 1.53. The van der Waals surface area contributed by atoms with Gasteiger partial charge in [-0.1, -0.05) is 128 Å². The maximum atomic E-state index is 14.4. The lowest BCUT2D eigenvalue weighted by Gasteiger charge is -2.33. The number of hydrogen-bond donors (Lipinski definition) is 1. The van der Waals surface area contributed by atoms with Crippen LogP contribution in [0, 0.1) is 6.92 Å². The first-order chi connectivity index (χ1) is 19.4. The van der Waals surface area contributed by atoms with Crippen LogP contribution in [0.3, 0.4) is 0 Å². The number of nitrogens with zero attached hydrogens (tertiary/aromatic N) is 1. The zero-order valence-electron chi connectivity index (χ0n) is 23.8. The first-order valence-electron chi connectivity index (χ1n) is 14.2. The molecule has 0 fully saturated rings. The molecule has 206 valence electrons. The van der Waals surface area contributed by atoms with Crippen LogP contribution in [0.1, 0.15) is 60.4 Å². The molecule has 4 nitrogen and oxygen atoms in total. The molecule has 0 aliphatic rings. The SMILES string of the molecule is CCC(C)NC(=O)C(Cc1ccccc1)N(Cc1cccc(C)c1)C(=O)CC(c1ccccc1)c1ccccc1. The van der Waals surface area contributed by atoms with Crippen molar-refractivity contribution < 1.29 is 9.59 Å². The molecular weight excluding hydrogens is 492 g/mol. The van der Waals surface area contributed by atoms with Gasteiger partial charge in [0, 0.05) is 31.3 Å². The Balaban J connectivity index is 1.74. The number of aryl methyl sites for hydroxylation is 1. The fourth-order valence-corrected chi connectivity index (χ4v) is 5.09. The smallest absolute Gasteiger partial charge is 0.243 e. The van der Waals surface area contributed by atoms with E-state index in [2.05, 4.69) is 42.6 Å². The first kappa shape index (κ1) is 28.8. The predicted octanol–water partition coefficient (Wildman–Crippen LogP) is 7.07. The lowest BCUT2D eigenvalue weighted by Crippen LogP contribution is -2.52. The molecule has 4 aromatic carbocycles. The second kappa shape index (κ2) is 14.3. The average molecular weight is 533 g/mol. The highest BCUT2D eigenvalue weighted by Crippen LogP contribution is 2.30. The Hall–Kier alpha value is -4.18. The van der Waals surface area contributed by atoms with Crippen molar-refractivity contribution in [2.45, 2.75) is 64.6 Å². The second-order valence-corrected chi connectivity index (χ2v) is 10.6. The van der Waals surface area contributed by atoms with Gasteiger partial charge in [-0.3, -0.25) is 9.59 Å². The van der Waals surface area contributed by atoms with E-state index in [0.29, 0.717) is 13.0 Å². The number of benzene rings is 4. The summed E-state index contributed by atoms with van der Waals surface area (Å²) in [4.78, 5) is 30.1. The third kappa shape index (κ3) is 7.92. The highest BCUT2D eigenvalue weighted by Gasteiger charge is 2.32. The number of hydrogen-bond acceptors (Lipinski definition) is 2. The Labute approximate surface area is 239 Å². The monoisotopic (exact) mass is 532 g/mol. The van der Waals surface area contributed by atoms with Gasteiger partial charge >= 0.3 is 0 Å². The van der Waals surface area contributed by atoms with Crippen molar-refractivity contribution in [3.05, 3.63) is 143 Å². The molecule has 0 heterocycles. The Bertz CT molecular complexity index is 1320. The minimum atomic E-state index is -0.642. The van der Waals surface area contributed by atoms with Gasteiger partial charge in [0.2, 0.25) is 11.8 Å². The van der Waals surface area contributed by atoms with E-state index in [1.165, 1.54) is 0 Å². The lowest BCUT2D eigenvalue weighted by molar-refractivity contribution is -0.141. The van der Waals surface area contributed by atoms with E-state index in [4.69, 9.17) is 0 Å². The van der Waals surface area contributed by atoms with Crippen molar-refractivity contribution in [2.24, 2.45) is 0 Å². The van der Waals surface area contributed by atoms with Crippen LogP contribution in [0.5, 0.6) is 0 Å². The van der Waals surface area contributed by atoms with Crippen LogP contribution in [0.15, 0.2) is 115 Å². The zero-order chi connectivity index (χ0) is 28.3. The number of carbonyl (C=O) groups excluding carboxylic acids is 2. The Morgan fingerprint density at radius 3 is 1.85 bits per heavy atom. The summed E-state index contributed by atoms with van der Waals surface area (Å²) >= 11 is 0. The van der Waals surface area contributed by atoms with Gasteiger partial charge in [-0.05, 0) is 42.5 Å². The molecule has 0 spiro atoms. The normalized spacial score (nSPS) is 12.5. The van der Waals surface area contributed by atoms with Crippen LogP contribution >= 0.6 is 0 Å². The van der Waals surface area contributed by atoms with Crippen LogP contribution in [0.2, 0.25) is 0 Å². The van der Waals surface area contributed by atoms with Crippen molar-refractivity contribution >= 4 is 11.8 Å². The molecule has 0 aromatic heterocycles. The number of nitrogens with one attached hydrogen (secondary N) is 1. The second-order valence-electron chi connectivity index (χ2n) is 10.6. The van der Waals surface area contributed by atoms with Crippen LogP contribution in [-0.4, -0.2) is 28.8 Å². The summed E-state index contributed by atoms with van der Waals surface area (Å²) in [6.45, 7) is 6.47. The van der Waals surface area contributed by atoms with Gasteiger partial charge < -0.3 is 10.2 Å². The summed E-state index contributed by atoms with van der Waals surface area (Å²) in [6, 6.07) is 37.9. The molecule has 0 radical (unpaired) electrons. The van der Waals surface area contributed by atoms with E-state index in [0.717, 1.165) is 34.2 Å². The largest absolute Gasteiger partial charge is 0.352 e.